The standard InChI is InChI=1S/C47H78NO9P/c1-3-5-7-9-11-12-13-14-15-16-17-18-19-20-21-22-26-30-34-38-46(50)54-42-45(43-56-58(52,53)55-41-40-48)57-47(51)39-35-31-27-24-23-25-29-33-37-44(49)36-32-28-10-8-6-4-2/h11-12,14-15,17-18,20-21,24-25,27-29,32-33,37,44-45,49H,3-10,13,16,19,22-23,26,30-31,34-36,38-43,48H2,1-2H3,(H,52,53)/b12-11-,15-14-,18-17-,21-20-,27-24-,29-25-,32-28-,37-33+/t44-,45+/m0/s1. The molecule has 0 aliphatic heterocycles. The fourth-order valence-electron chi connectivity index (χ4n) is 5.22. The van der Waals surface area contributed by atoms with Gasteiger partial charge in [0.15, 0.2) is 6.10 Å². The molecule has 0 saturated heterocycles. The maximum atomic E-state index is 12.6. The molecular weight excluding hydrogens is 753 g/mol. The Balaban J connectivity index is 4.40. The molecule has 4 N–H and O–H groups in total. The molecule has 0 aliphatic carbocycles. The number of phosphoric acid groups is 1. The number of unbranched alkanes of at least 4 members (excludes halogenated alkanes) is 10. The van der Waals surface area contributed by atoms with Gasteiger partial charge in [-0.05, 0) is 89.9 Å². The number of allylic oxidation sites excluding steroid dienone is 14. The summed E-state index contributed by atoms with van der Waals surface area (Å²) in [6.07, 6.45) is 50.4. The van der Waals surface area contributed by atoms with Gasteiger partial charge in [0.1, 0.15) is 6.61 Å². The first kappa shape index (κ1) is 54.9. The number of carbonyl (C=O) groups excluding carboxylic acids is 2. The zero-order valence-electron chi connectivity index (χ0n) is 35.8. The van der Waals surface area contributed by atoms with E-state index in [4.69, 9.17) is 24.3 Å². The molecule has 0 aliphatic rings. The number of hydrogen-bond acceptors (Lipinski definition) is 9. The van der Waals surface area contributed by atoms with E-state index in [1.54, 1.807) is 6.08 Å². The number of aliphatic hydroxyl groups excluding tert-OH is 1. The van der Waals surface area contributed by atoms with Crippen LogP contribution in [0.3, 0.4) is 0 Å². The Morgan fingerprint density at radius 1 is 0.603 bits per heavy atom. The molecule has 0 spiro atoms. The minimum atomic E-state index is -4.42. The van der Waals surface area contributed by atoms with Crippen LogP contribution in [0.25, 0.3) is 0 Å². The van der Waals surface area contributed by atoms with Crippen LogP contribution in [0.4, 0.5) is 0 Å². The van der Waals surface area contributed by atoms with Crippen molar-refractivity contribution in [3.8, 4) is 0 Å². The highest BCUT2D eigenvalue weighted by Crippen LogP contribution is 2.43. The first-order valence-corrected chi connectivity index (χ1v) is 23.3. The van der Waals surface area contributed by atoms with Crippen molar-refractivity contribution in [3.05, 3.63) is 97.2 Å². The van der Waals surface area contributed by atoms with Crippen LogP contribution in [-0.4, -0.2) is 60.5 Å². The number of ether oxygens (including phenoxy) is 2. The van der Waals surface area contributed by atoms with Crippen LogP contribution in [0.2, 0.25) is 0 Å². The number of phosphoric ester groups is 1. The fourth-order valence-corrected chi connectivity index (χ4v) is 5.99. The summed E-state index contributed by atoms with van der Waals surface area (Å²) in [7, 11) is -4.42. The quantitative estimate of drug-likeness (QED) is 0.0179. The molecular formula is C47H78NO9P. The minimum Gasteiger partial charge on any atom is -0.462 e. The van der Waals surface area contributed by atoms with Crippen molar-refractivity contribution >= 4 is 19.8 Å². The van der Waals surface area contributed by atoms with Crippen LogP contribution >= 0.6 is 7.82 Å². The van der Waals surface area contributed by atoms with Gasteiger partial charge in [-0.15, -0.1) is 0 Å². The van der Waals surface area contributed by atoms with Crippen molar-refractivity contribution in [1.82, 2.24) is 0 Å². The lowest BCUT2D eigenvalue weighted by Crippen LogP contribution is -2.29. The SMILES string of the molecule is CCCCC/C=C\C/C=C\C/C=C\C/C=C\CCCCCC(=O)OC[C@H](COP(=O)(O)OCCN)OC(=O)CCC/C=C\C/C=C\C=C\[C@@H](O)C/C=C\CCCCC. The van der Waals surface area contributed by atoms with Crippen molar-refractivity contribution in [3.63, 3.8) is 0 Å². The lowest BCUT2D eigenvalue weighted by atomic mass is 10.1. The van der Waals surface area contributed by atoms with Gasteiger partial charge in [-0.1, -0.05) is 143 Å². The molecule has 3 atom stereocenters. The molecule has 0 aromatic carbocycles. The summed E-state index contributed by atoms with van der Waals surface area (Å²) < 4.78 is 32.6. The number of rotatable bonds is 39. The Morgan fingerprint density at radius 3 is 1.71 bits per heavy atom. The molecule has 0 radical (unpaired) electrons. The largest absolute Gasteiger partial charge is 0.472 e. The summed E-state index contributed by atoms with van der Waals surface area (Å²) in [5.41, 5.74) is 5.34. The van der Waals surface area contributed by atoms with Gasteiger partial charge in [0.25, 0.3) is 0 Å². The summed E-state index contributed by atoms with van der Waals surface area (Å²) in [4.78, 5) is 34.9. The monoisotopic (exact) mass is 832 g/mol. The Labute approximate surface area is 351 Å². The van der Waals surface area contributed by atoms with Gasteiger partial charge in [-0.2, -0.15) is 0 Å². The summed E-state index contributed by atoms with van der Waals surface area (Å²) in [5, 5.41) is 10.0. The summed E-state index contributed by atoms with van der Waals surface area (Å²) in [6, 6.07) is 0. The van der Waals surface area contributed by atoms with Crippen molar-refractivity contribution < 1.29 is 42.7 Å². The highest BCUT2D eigenvalue weighted by molar-refractivity contribution is 7.47. The van der Waals surface area contributed by atoms with Crippen LogP contribution in [0, 0.1) is 0 Å². The lowest BCUT2D eigenvalue weighted by Gasteiger charge is -2.19. The molecule has 1 unspecified atom stereocenters. The molecule has 330 valence electrons. The summed E-state index contributed by atoms with van der Waals surface area (Å²) >= 11 is 0. The normalized spacial score (nSPS) is 14.8. The van der Waals surface area contributed by atoms with Gasteiger partial charge < -0.3 is 25.2 Å². The van der Waals surface area contributed by atoms with Crippen molar-refractivity contribution in [2.45, 2.75) is 161 Å². The minimum absolute atomic E-state index is 0.0246. The molecule has 0 aromatic heterocycles. The molecule has 0 fully saturated rings. The predicted octanol–water partition coefficient (Wildman–Crippen LogP) is 11.6. The molecule has 0 amide bonds. The van der Waals surface area contributed by atoms with Crippen LogP contribution in [0.1, 0.15) is 149 Å². The second kappa shape index (κ2) is 42.0. The molecule has 11 heteroatoms. The van der Waals surface area contributed by atoms with Crippen molar-refractivity contribution in [2.75, 3.05) is 26.4 Å². The smallest absolute Gasteiger partial charge is 0.462 e. The van der Waals surface area contributed by atoms with Gasteiger partial charge in [-0.3, -0.25) is 18.6 Å². The Hall–Kier alpha value is -3.11. The average molecular weight is 832 g/mol. The van der Waals surface area contributed by atoms with Crippen LogP contribution in [0.15, 0.2) is 97.2 Å². The highest BCUT2D eigenvalue weighted by atomic mass is 31.2. The first-order chi connectivity index (χ1) is 28.2. The van der Waals surface area contributed by atoms with Crippen molar-refractivity contribution in [1.29, 1.82) is 0 Å². The Bertz CT molecular complexity index is 1280. The summed E-state index contributed by atoms with van der Waals surface area (Å²) in [5.74, 6) is -0.980. The Kier molecular flexibility index (Phi) is 39.8. The zero-order chi connectivity index (χ0) is 42.6. The molecule has 0 saturated carbocycles. The van der Waals surface area contributed by atoms with Gasteiger partial charge in [0, 0.05) is 19.4 Å². The molecule has 0 aromatic rings. The maximum absolute atomic E-state index is 12.6. The molecule has 0 heterocycles. The second-order valence-corrected chi connectivity index (χ2v) is 15.5. The van der Waals surface area contributed by atoms with Crippen LogP contribution in [0.5, 0.6) is 0 Å². The van der Waals surface area contributed by atoms with Gasteiger partial charge in [-0.25, -0.2) is 4.57 Å². The van der Waals surface area contributed by atoms with E-state index >= 15 is 0 Å². The first-order valence-electron chi connectivity index (χ1n) is 21.8. The number of esters is 2. The second-order valence-electron chi connectivity index (χ2n) is 14.1. The third kappa shape index (κ3) is 41.1. The zero-order valence-corrected chi connectivity index (χ0v) is 36.7. The van der Waals surface area contributed by atoms with E-state index in [0.29, 0.717) is 32.1 Å². The van der Waals surface area contributed by atoms with Gasteiger partial charge in [0.05, 0.1) is 19.3 Å². The van der Waals surface area contributed by atoms with E-state index in [9.17, 15) is 24.2 Å². The van der Waals surface area contributed by atoms with E-state index < -0.39 is 38.6 Å². The van der Waals surface area contributed by atoms with Crippen LogP contribution in [-0.2, 0) is 32.7 Å². The molecule has 10 nitrogen and oxygen atoms in total. The molecule has 0 bridgehead atoms. The Morgan fingerprint density at radius 2 is 1.12 bits per heavy atom. The predicted molar refractivity (Wildman–Crippen MR) is 239 cm³/mol. The van der Waals surface area contributed by atoms with E-state index in [2.05, 4.69) is 68.5 Å². The van der Waals surface area contributed by atoms with E-state index in [0.717, 1.165) is 44.9 Å². The van der Waals surface area contributed by atoms with E-state index in [1.165, 1.54) is 44.9 Å². The van der Waals surface area contributed by atoms with Gasteiger partial charge in [0.2, 0.25) is 0 Å². The van der Waals surface area contributed by atoms with Gasteiger partial charge >= 0.3 is 19.8 Å². The number of aliphatic hydroxyl groups is 1. The molecule has 58 heavy (non-hydrogen) atoms. The van der Waals surface area contributed by atoms with Crippen molar-refractivity contribution in [2.24, 2.45) is 5.73 Å². The van der Waals surface area contributed by atoms with E-state index in [-0.39, 0.29) is 32.6 Å². The fraction of sp³-hybridized carbons (Fsp3) is 0.617. The number of carbonyl (C=O) groups is 2. The number of hydrogen-bond donors (Lipinski definition) is 3. The summed E-state index contributed by atoms with van der Waals surface area (Å²) in [6.45, 7) is 3.45. The highest BCUT2D eigenvalue weighted by Gasteiger charge is 2.25. The maximum Gasteiger partial charge on any atom is 0.472 e. The topological polar surface area (TPSA) is 155 Å². The van der Waals surface area contributed by atoms with Crippen LogP contribution < -0.4 is 5.73 Å². The lowest BCUT2D eigenvalue weighted by molar-refractivity contribution is -0.161. The third-order valence-corrected chi connectivity index (χ3v) is 9.51. The third-order valence-electron chi connectivity index (χ3n) is 8.52. The van der Waals surface area contributed by atoms with E-state index in [1.807, 2.05) is 36.5 Å². The average Bonchev–Trinajstić information content (AvgIpc) is 3.21. The number of nitrogens with two attached hydrogens (primary N) is 1. The molecule has 0 rings (SSSR count).